The molecule has 118 valence electrons. The molecule has 0 bridgehead atoms. The Morgan fingerprint density at radius 3 is 2.91 bits per heavy atom. The molecule has 7 heteroatoms. The van der Waals surface area contributed by atoms with E-state index in [1.807, 2.05) is 17.5 Å². The Morgan fingerprint density at radius 1 is 1.36 bits per heavy atom. The second-order valence-corrected chi connectivity index (χ2v) is 8.16. The van der Waals surface area contributed by atoms with Crippen molar-refractivity contribution in [1.29, 1.82) is 0 Å². The summed E-state index contributed by atoms with van der Waals surface area (Å²) < 4.78 is 26.9. The zero-order valence-electron chi connectivity index (χ0n) is 12.0. The number of thiophene rings is 1. The molecule has 1 saturated heterocycles. The zero-order valence-corrected chi connectivity index (χ0v) is 13.6. The number of aliphatic hydroxyl groups excluding tert-OH is 1. The molecule has 22 heavy (non-hydrogen) atoms. The van der Waals surface area contributed by atoms with Crippen molar-refractivity contribution >= 4 is 21.4 Å². The predicted molar refractivity (Wildman–Crippen MR) is 85.0 cm³/mol. The van der Waals surface area contributed by atoms with Gasteiger partial charge < -0.3 is 5.11 Å². The van der Waals surface area contributed by atoms with Gasteiger partial charge in [-0.2, -0.15) is 4.31 Å². The van der Waals surface area contributed by atoms with Crippen molar-refractivity contribution in [1.82, 2.24) is 9.29 Å². The fraction of sp³-hybridized carbons (Fsp3) is 0.400. The van der Waals surface area contributed by atoms with Crippen LogP contribution in [0.3, 0.4) is 0 Å². The lowest BCUT2D eigenvalue weighted by Crippen LogP contribution is -2.36. The Labute approximate surface area is 134 Å². The quantitative estimate of drug-likeness (QED) is 0.909. The number of hydrogen-bond acceptors (Lipinski definition) is 5. The second kappa shape index (κ2) is 6.45. The lowest BCUT2D eigenvalue weighted by molar-refractivity contribution is 0.145. The van der Waals surface area contributed by atoms with Crippen LogP contribution in [0.2, 0.25) is 0 Å². The molecule has 2 aromatic rings. The van der Waals surface area contributed by atoms with Crippen LogP contribution >= 0.6 is 11.3 Å². The predicted octanol–water partition coefficient (Wildman–Crippen LogP) is 2.42. The van der Waals surface area contributed by atoms with Gasteiger partial charge in [0.15, 0.2) is 5.03 Å². The Bertz CT molecular complexity index is 702. The van der Waals surface area contributed by atoms with Crippen molar-refractivity contribution in [2.45, 2.75) is 36.4 Å². The van der Waals surface area contributed by atoms with Crippen molar-refractivity contribution in [2.75, 3.05) is 6.54 Å². The third kappa shape index (κ3) is 3.08. The van der Waals surface area contributed by atoms with Gasteiger partial charge in [0.1, 0.15) is 0 Å². The third-order valence-electron chi connectivity index (χ3n) is 3.90. The van der Waals surface area contributed by atoms with Crippen molar-refractivity contribution in [3.63, 3.8) is 0 Å². The minimum absolute atomic E-state index is 0.0764. The standard InChI is InChI=1S/C15H18N2O3S2/c18-13(14-6-4-10-21-14)11-12-5-3-9-17(12)22(19,20)15-7-1-2-8-16-15/h1-2,4,6-8,10,12-13,18H,3,5,9,11H2. The Hall–Kier alpha value is -1.28. The van der Waals surface area contributed by atoms with Gasteiger partial charge in [0.2, 0.25) is 0 Å². The van der Waals surface area contributed by atoms with E-state index in [0.29, 0.717) is 13.0 Å². The summed E-state index contributed by atoms with van der Waals surface area (Å²) in [4.78, 5) is 4.85. The molecule has 3 heterocycles. The Morgan fingerprint density at radius 2 is 2.23 bits per heavy atom. The average molecular weight is 338 g/mol. The molecule has 0 aromatic carbocycles. The van der Waals surface area contributed by atoms with Gasteiger partial charge in [-0.25, -0.2) is 13.4 Å². The minimum Gasteiger partial charge on any atom is -0.388 e. The summed E-state index contributed by atoms with van der Waals surface area (Å²) in [5.41, 5.74) is 0. The van der Waals surface area contributed by atoms with Gasteiger partial charge in [0.25, 0.3) is 10.0 Å². The van der Waals surface area contributed by atoms with Crippen LogP contribution in [0.4, 0.5) is 0 Å². The van der Waals surface area contributed by atoms with E-state index in [9.17, 15) is 13.5 Å². The summed E-state index contributed by atoms with van der Waals surface area (Å²) in [5, 5.41) is 12.3. The molecule has 2 aromatic heterocycles. The number of nitrogens with zero attached hydrogens (tertiary/aromatic N) is 2. The van der Waals surface area contributed by atoms with E-state index in [0.717, 1.165) is 17.7 Å². The molecule has 0 aliphatic carbocycles. The Balaban J connectivity index is 1.79. The highest BCUT2D eigenvalue weighted by Crippen LogP contribution is 2.32. The van der Waals surface area contributed by atoms with Crippen LogP contribution < -0.4 is 0 Å². The molecule has 3 rings (SSSR count). The first-order valence-electron chi connectivity index (χ1n) is 7.23. The normalized spacial score (nSPS) is 21.0. The maximum atomic E-state index is 12.7. The maximum absolute atomic E-state index is 12.7. The molecule has 1 fully saturated rings. The lowest BCUT2D eigenvalue weighted by atomic mass is 10.1. The molecule has 0 radical (unpaired) electrons. The van der Waals surface area contributed by atoms with Crippen LogP contribution in [-0.2, 0) is 10.0 Å². The highest BCUT2D eigenvalue weighted by atomic mass is 32.2. The smallest absolute Gasteiger partial charge is 0.260 e. The van der Waals surface area contributed by atoms with Gasteiger partial charge in [-0.15, -0.1) is 11.3 Å². The van der Waals surface area contributed by atoms with Crippen LogP contribution in [0.25, 0.3) is 0 Å². The monoisotopic (exact) mass is 338 g/mol. The summed E-state index contributed by atoms with van der Waals surface area (Å²) in [6, 6.07) is 8.47. The number of hydrogen-bond donors (Lipinski definition) is 1. The van der Waals surface area contributed by atoms with Crippen molar-refractivity contribution in [2.24, 2.45) is 0 Å². The molecule has 2 unspecified atom stereocenters. The molecule has 2 atom stereocenters. The summed E-state index contributed by atoms with van der Waals surface area (Å²) >= 11 is 1.49. The largest absolute Gasteiger partial charge is 0.388 e. The van der Waals surface area contributed by atoms with E-state index < -0.39 is 16.1 Å². The van der Waals surface area contributed by atoms with Gasteiger partial charge in [-0.05, 0) is 42.8 Å². The first kappa shape index (κ1) is 15.6. The fourth-order valence-corrected chi connectivity index (χ4v) is 5.20. The zero-order chi connectivity index (χ0) is 15.6. The first-order chi connectivity index (χ1) is 10.6. The number of aromatic nitrogens is 1. The molecule has 1 N–H and O–H groups in total. The molecule has 1 aliphatic rings. The van der Waals surface area contributed by atoms with E-state index in [1.165, 1.54) is 27.9 Å². The average Bonchev–Trinajstić information content (AvgIpc) is 3.19. The SMILES string of the molecule is O=S(=O)(c1ccccn1)N1CCCC1CC(O)c1cccs1. The third-order valence-corrected chi connectivity index (χ3v) is 6.74. The maximum Gasteiger partial charge on any atom is 0.260 e. The molecule has 5 nitrogen and oxygen atoms in total. The van der Waals surface area contributed by atoms with E-state index in [4.69, 9.17) is 0 Å². The van der Waals surface area contributed by atoms with Gasteiger partial charge in [0.05, 0.1) is 6.10 Å². The topological polar surface area (TPSA) is 70.5 Å². The van der Waals surface area contributed by atoms with Crippen molar-refractivity contribution < 1.29 is 13.5 Å². The van der Waals surface area contributed by atoms with E-state index in [2.05, 4.69) is 4.98 Å². The van der Waals surface area contributed by atoms with Gasteiger partial charge in [0, 0.05) is 23.7 Å². The van der Waals surface area contributed by atoms with Gasteiger partial charge in [-0.1, -0.05) is 12.1 Å². The number of pyridine rings is 1. The van der Waals surface area contributed by atoms with Gasteiger partial charge in [-0.3, -0.25) is 0 Å². The summed E-state index contributed by atoms with van der Waals surface area (Å²) in [5.74, 6) is 0. The lowest BCUT2D eigenvalue weighted by Gasteiger charge is -2.25. The van der Waals surface area contributed by atoms with Crippen LogP contribution in [0.1, 0.15) is 30.2 Å². The Kier molecular flexibility index (Phi) is 4.58. The molecule has 1 aliphatic heterocycles. The minimum atomic E-state index is -3.59. The van der Waals surface area contributed by atoms with E-state index >= 15 is 0 Å². The molecule has 0 spiro atoms. The molecule has 0 amide bonds. The molecule has 0 saturated carbocycles. The highest BCUT2D eigenvalue weighted by molar-refractivity contribution is 7.89. The highest BCUT2D eigenvalue weighted by Gasteiger charge is 2.37. The van der Waals surface area contributed by atoms with Crippen molar-refractivity contribution in [3.05, 3.63) is 46.8 Å². The fourth-order valence-electron chi connectivity index (χ4n) is 2.84. The van der Waals surface area contributed by atoms with Gasteiger partial charge >= 0.3 is 0 Å². The van der Waals surface area contributed by atoms with Crippen LogP contribution in [0.5, 0.6) is 0 Å². The summed E-state index contributed by atoms with van der Waals surface area (Å²) in [6.07, 6.45) is 2.87. The summed E-state index contributed by atoms with van der Waals surface area (Å²) in [6.45, 7) is 0.487. The van der Waals surface area contributed by atoms with E-state index in [-0.39, 0.29) is 11.1 Å². The van der Waals surface area contributed by atoms with Crippen LogP contribution in [0.15, 0.2) is 46.9 Å². The molecular weight excluding hydrogens is 320 g/mol. The van der Waals surface area contributed by atoms with Crippen LogP contribution in [-0.4, -0.2) is 35.4 Å². The summed E-state index contributed by atoms with van der Waals surface area (Å²) in [7, 11) is -3.59. The molecular formula is C15H18N2O3S2. The first-order valence-corrected chi connectivity index (χ1v) is 9.55. The van der Waals surface area contributed by atoms with Crippen LogP contribution in [0, 0.1) is 0 Å². The number of aliphatic hydroxyl groups is 1. The second-order valence-electron chi connectivity index (χ2n) is 5.35. The number of rotatable bonds is 5. The van der Waals surface area contributed by atoms with Crippen molar-refractivity contribution in [3.8, 4) is 0 Å². The number of sulfonamides is 1. The van der Waals surface area contributed by atoms with E-state index in [1.54, 1.807) is 12.1 Å².